The maximum absolute atomic E-state index is 13.5. The molecular formula is C24H24FNO2. The lowest BCUT2D eigenvalue weighted by atomic mass is 10.0. The Kier molecular flexibility index (Phi) is 6.93. The Morgan fingerprint density at radius 3 is 2.07 bits per heavy atom. The molecular weight excluding hydrogens is 353 g/mol. The van der Waals surface area contributed by atoms with Gasteiger partial charge in [0.25, 0.3) is 0 Å². The lowest BCUT2D eigenvalue weighted by Gasteiger charge is -2.22. The van der Waals surface area contributed by atoms with Crippen LogP contribution in [-0.4, -0.2) is 22.5 Å². The summed E-state index contributed by atoms with van der Waals surface area (Å²) in [5, 5.41) is 9.06. The van der Waals surface area contributed by atoms with Crippen molar-refractivity contribution in [3.05, 3.63) is 107 Å². The Morgan fingerprint density at radius 1 is 0.786 bits per heavy atom. The van der Waals surface area contributed by atoms with Crippen molar-refractivity contribution in [2.24, 2.45) is 0 Å². The van der Waals surface area contributed by atoms with Gasteiger partial charge in [0, 0.05) is 19.6 Å². The molecule has 144 valence electrons. The van der Waals surface area contributed by atoms with E-state index in [9.17, 15) is 9.18 Å². The van der Waals surface area contributed by atoms with Crippen LogP contribution in [0.3, 0.4) is 0 Å². The number of rotatable bonds is 9. The monoisotopic (exact) mass is 377 g/mol. The minimum atomic E-state index is -0.831. The van der Waals surface area contributed by atoms with Crippen LogP contribution in [0.15, 0.2) is 78.9 Å². The average molecular weight is 377 g/mol. The minimum Gasteiger partial charge on any atom is -0.481 e. The third kappa shape index (κ3) is 6.32. The lowest BCUT2D eigenvalue weighted by molar-refractivity contribution is -0.137. The van der Waals surface area contributed by atoms with Crippen LogP contribution < -0.4 is 0 Å². The number of hydrogen-bond donors (Lipinski definition) is 1. The van der Waals surface area contributed by atoms with Gasteiger partial charge in [-0.25, -0.2) is 4.39 Å². The van der Waals surface area contributed by atoms with E-state index in [0.29, 0.717) is 19.6 Å². The van der Waals surface area contributed by atoms with E-state index >= 15 is 0 Å². The van der Waals surface area contributed by atoms with E-state index in [-0.39, 0.29) is 12.2 Å². The molecule has 0 aromatic heterocycles. The topological polar surface area (TPSA) is 40.5 Å². The van der Waals surface area contributed by atoms with E-state index in [1.165, 1.54) is 23.3 Å². The molecule has 0 atom stereocenters. The van der Waals surface area contributed by atoms with Crippen LogP contribution in [0.5, 0.6) is 0 Å². The third-order valence-electron chi connectivity index (χ3n) is 4.59. The summed E-state index contributed by atoms with van der Waals surface area (Å²) in [6.45, 7) is 1.54. The van der Waals surface area contributed by atoms with E-state index in [1.54, 1.807) is 6.07 Å². The third-order valence-corrected chi connectivity index (χ3v) is 4.59. The summed E-state index contributed by atoms with van der Waals surface area (Å²) >= 11 is 0. The number of halogens is 1. The van der Waals surface area contributed by atoms with Crippen LogP contribution in [0.25, 0.3) is 0 Å². The number of benzene rings is 3. The molecule has 0 heterocycles. The van der Waals surface area contributed by atoms with Crippen molar-refractivity contribution in [1.82, 2.24) is 4.90 Å². The molecule has 3 aromatic rings. The first-order chi connectivity index (χ1) is 13.6. The Bertz CT molecular complexity index is 911. The van der Waals surface area contributed by atoms with Crippen LogP contribution >= 0.6 is 0 Å². The fourth-order valence-electron chi connectivity index (χ4n) is 3.29. The predicted octanol–water partition coefficient (Wildman–Crippen LogP) is 4.89. The van der Waals surface area contributed by atoms with Gasteiger partial charge in [-0.05, 0) is 40.8 Å². The standard InChI is InChI=1S/C24H24FNO2/c25-23-11-5-10-22(16-23)18-26(13-12-24(27)28)17-21-9-4-8-20(15-21)14-19-6-2-1-3-7-19/h1-11,15-16H,12-14,17-18H2,(H,27,28). The number of carboxylic acids is 1. The average Bonchev–Trinajstić information content (AvgIpc) is 2.67. The van der Waals surface area contributed by atoms with E-state index in [1.807, 2.05) is 41.3 Å². The van der Waals surface area contributed by atoms with Crippen LogP contribution in [0.4, 0.5) is 4.39 Å². The second-order valence-electron chi connectivity index (χ2n) is 6.97. The molecule has 0 aliphatic carbocycles. The van der Waals surface area contributed by atoms with E-state index in [0.717, 1.165) is 17.5 Å². The van der Waals surface area contributed by atoms with Crippen LogP contribution in [0.1, 0.15) is 28.7 Å². The normalized spacial score (nSPS) is 10.9. The Morgan fingerprint density at radius 2 is 1.39 bits per heavy atom. The molecule has 0 aliphatic heterocycles. The summed E-state index contributed by atoms with van der Waals surface area (Å²) < 4.78 is 13.5. The first kappa shape index (κ1) is 19.8. The SMILES string of the molecule is O=C(O)CCN(Cc1cccc(F)c1)Cc1cccc(Cc2ccccc2)c1. The van der Waals surface area contributed by atoms with Gasteiger partial charge in [-0.3, -0.25) is 9.69 Å². The maximum Gasteiger partial charge on any atom is 0.304 e. The highest BCUT2D eigenvalue weighted by atomic mass is 19.1. The molecule has 0 unspecified atom stereocenters. The number of carbonyl (C=O) groups is 1. The van der Waals surface area contributed by atoms with E-state index < -0.39 is 5.97 Å². The zero-order valence-corrected chi connectivity index (χ0v) is 15.7. The second kappa shape index (κ2) is 9.81. The van der Waals surface area contributed by atoms with Crippen molar-refractivity contribution in [2.45, 2.75) is 25.9 Å². The van der Waals surface area contributed by atoms with Crippen molar-refractivity contribution in [1.29, 1.82) is 0 Å². The molecule has 3 rings (SSSR count). The van der Waals surface area contributed by atoms with Gasteiger partial charge in [0.15, 0.2) is 0 Å². The van der Waals surface area contributed by atoms with Crippen molar-refractivity contribution < 1.29 is 14.3 Å². The molecule has 0 spiro atoms. The molecule has 1 N–H and O–H groups in total. The van der Waals surface area contributed by atoms with Gasteiger partial charge in [0.05, 0.1) is 6.42 Å². The van der Waals surface area contributed by atoms with Crippen LogP contribution in [-0.2, 0) is 24.3 Å². The smallest absolute Gasteiger partial charge is 0.304 e. The number of aliphatic carboxylic acids is 1. The van der Waals surface area contributed by atoms with Crippen molar-refractivity contribution in [3.63, 3.8) is 0 Å². The van der Waals surface area contributed by atoms with Gasteiger partial charge in [-0.1, -0.05) is 66.7 Å². The van der Waals surface area contributed by atoms with E-state index in [2.05, 4.69) is 24.3 Å². The molecule has 3 nitrogen and oxygen atoms in total. The number of nitrogens with zero attached hydrogens (tertiary/aromatic N) is 1. The van der Waals surface area contributed by atoms with Crippen LogP contribution in [0, 0.1) is 5.82 Å². The Hall–Kier alpha value is -2.98. The zero-order chi connectivity index (χ0) is 19.8. The van der Waals surface area contributed by atoms with Gasteiger partial charge >= 0.3 is 5.97 Å². The lowest BCUT2D eigenvalue weighted by Crippen LogP contribution is -2.25. The van der Waals surface area contributed by atoms with Crippen LogP contribution in [0.2, 0.25) is 0 Å². The van der Waals surface area contributed by atoms with Crippen molar-refractivity contribution >= 4 is 5.97 Å². The molecule has 0 saturated heterocycles. The van der Waals surface area contributed by atoms with Gasteiger partial charge < -0.3 is 5.11 Å². The molecule has 0 amide bonds. The number of hydrogen-bond acceptors (Lipinski definition) is 2. The van der Waals surface area contributed by atoms with E-state index in [4.69, 9.17) is 5.11 Å². The predicted molar refractivity (Wildman–Crippen MR) is 108 cm³/mol. The molecule has 0 aliphatic rings. The highest BCUT2D eigenvalue weighted by Gasteiger charge is 2.11. The summed E-state index contributed by atoms with van der Waals surface area (Å²) in [4.78, 5) is 13.1. The Balaban J connectivity index is 1.72. The summed E-state index contributed by atoms with van der Waals surface area (Å²) in [6.07, 6.45) is 0.909. The fraction of sp³-hybridized carbons (Fsp3) is 0.208. The highest BCUT2D eigenvalue weighted by Crippen LogP contribution is 2.15. The summed E-state index contributed by atoms with van der Waals surface area (Å²) in [5.41, 5.74) is 4.43. The first-order valence-electron chi connectivity index (χ1n) is 9.39. The molecule has 0 radical (unpaired) electrons. The fourth-order valence-corrected chi connectivity index (χ4v) is 3.29. The minimum absolute atomic E-state index is 0.0546. The summed E-state index contributed by atoms with van der Waals surface area (Å²) in [5.74, 6) is -1.11. The molecule has 28 heavy (non-hydrogen) atoms. The van der Waals surface area contributed by atoms with Gasteiger partial charge in [0.1, 0.15) is 5.82 Å². The summed E-state index contributed by atoms with van der Waals surface area (Å²) in [6, 6.07) is 25.1. The number of carboxylic acid groups (broad SMARTS) is 1. The first-order valence-corrected chi connectivity index (χ1v) is 9.39. The van der Waals surface area contributed by atoms with Crippen molar-refractivity contribution in [3.8, 4) is 0 Å². The maximum atomic E-state index is 13.5. The Labute approximate surface area is 165 Å². The molecule has 0 fully saturated rings. The summed E-state index contributed by atoms with van der Waals surface area (Å²) in [7, 11) is 0. The van der Waals surface area contributed by atoms with Gasteiger partial charge in [-0.15, -0.1) is 0 Å². The second-order valence-corrected chi connectivity index (χ2v) is 6.97. The molecule has 4 heteroatoms. The molecule has 0 saturated carbocycles. The molecule has 3 aromatic carbocycles. The molecule has 0 bridgehead atoms. The largest absolute Gasteiger partial charge is 0.481 e. The van der Waals surface area contributed by atoms with Gasteiger partial charge in [0.2, 0.25) is 0 Å². The van der Waals surface area contributed by atoms with Gasteiger partial charge in [-0.2, -0.15) is 0 Å². The zero-order valence-electron chi connectivity index (χ0n) is 15.7. The highest BCUT2D eigenvalue weighted by molar-refractivity contribution is 5.66. The quantitative estimate of drug-likeness (QED) is 0.577. The van der Waals surface area contributed by atoms with Crippen molar-refractivity contribution in [2.75, 3.05) is 6.54 Å².